The van der Waals surface area contributed by atoms with Crippen molar-refractivity contribution in [2.24, 2.45) is 0 Å². The van der Waals surface area contributed by atoms with Crippen LogP contribution in [0.4, 0.5) is 13.2 Å². The molecule has 5 aromatic rings. The van der Waals surface area contributed by atoms with Crippen LogP contribution >= 0.6 is 11.3 Å². The highest BCUT2D eigenvalue weighted by Gasteiger charge is 2.67. The first-order valence-corrected chi connectivity index (χ1v) is 15.7. The molecule has 6 rings (SSSR count). The van der Waals surface area contributed by atoms with Gasteiger partial charge < -0.3 is 9.29 Å². The van der Waals surface area contributed by atoms with Crippen molar-refractivity contribution in [1.29, 1.82) is 0 Å². The largest absolute Gasteiger partial charge is 0.768 e. The lowest BCUT2D eigenvalue weighted by molar-refractivity contribution is -0.162. The number of alkyl halides is 3. The third-order valence-corrected chi connectivity index (χ3v) is 9.10. The summed E-state index contributed by atoms with van der Waals surface area (Å²) in [6, 6.07) is 23.1. The normalized spacial score (nSPS) is 14.8. The topological polar surface area (TPSA) is 97.1 Å². The van der Waals surface area contributed by atoms with Crippen LogP contribution in [-0.2, 0) is 27.7 Å². The number of esters is 1. The maximum absolute atomic E-state index is 14.9. The van der Waals surface area contributed by atoms with E-state index in [4.69, 9.17) is 9.84 Å². The SMILES string of the molecule is CCOC(=O)c1csc(-n2nc(-c3cccc(-c4ccccc4)c3)c(Cc3ccc(S(=O)[O-])cc3)c2C2(C(F)(F)F)CC2)n1. The lowest BCUT2D eigenvalue weighted by Gasteiger charge is -2.22. The van der Waals surface area contributed by atoms with Gasteiger partial charge in [0.25, 0.3) is 0 Å². The third-order valence-electron chi connectivity index (χ3n) is 7.63. The summed E-state index contributed by atoms with van der Waals surface area (Å²) in [7, 11) is 0. The minimum atomic E-state index is -4.58. The lowest BCUT2D eigenvalue weighted by Crippen LogP contribution is -2.32. The summed E-state index contributed by atoms with van der Waals surface area (Å²) in [5.41, 5.74) is 1.52. The first-order valence-electron chi connectivity index (χ1n) is 13.8. The number of rotatable bonds is 9. The van der Waals surface area contributed by atoms with Crippen molar-refractivity contribution in [3.63, 3.8) is 0 Å². The quantitative estimate of drug-likeness (QED) is 0.125. The first kappa shape index (κ1) is 29.9. The second kappa shape index (κ2) is 11.8. The molecular formula is C32H25F3N3O4S2-. The van der Waals surface area contributed by atoms with Crippen LogP contribution < -0.4 is 0 Å². The molecule has 1 aliphatic carbocycles. The van der Waals surface area contributed by atoms with Gasteiger partial charge in [-0.2, -0.15) is 18.3 Å². The molecule has 7 nitrogen and oxygen atoms in total. The van der Waals surface area contributed by atoms with E-state index < -0.39 is 28.6 Å². The lowest BCUT2D eigenvalue weighted by atomic mass is 9.90. The number of ether oxygens (including phenoxy) is 1. The molecule has 2 heterocycles. The Morgan fingerprint density at radius 1 is 1.02 bits per heavy atom. The number of nitrogens with zero attached hydrogens (tertiary/aromatic N) is 3. The van der Waals surface area contributed by atoms with E-state index in [-0.39, 0.29) is 47.3 Å². The van der Waals surface area contributed by atoms with Crippen LogP contribution in [0.3, 0.4) is 0 Å². The van der Waals surface area contributed by atoms with Gasteiger partial charge in [-0.3, -0.25) is 4.21 Å². The van der Waals surface area contributed by atoms with Crippen molar-refractivity contribution >= 4 is 28.4 Å². The minimum Gasteiger partial charge on any atom is -0.768 e. The predicted octanol–water partition coefficient (Wildman–Crippen LogP) is 7.26. The second-order valence-corrected chi connectivity index (χ2v) is 12.2. The number of hydrogen-bond acceptors (Lipinski definition) is 7. The fourth-order valence-electron chi connectivity index (χ4n) is 5.32. The zero-order chi connectivity index (χ0) is 31.1. The summed E-state index contributed by atoms with van der Waals surface area (Å²) >= 11 is -1.44. The molecule has 0 radical (unpaired) electrons. The van der Waals surface area contributed by atoms with Crippen molar-refractivity contribution in [2.75, 3.05) is 6.61 Å². The average molecular weight is 637 g/mol. The van der Waals surface area contributed by atoms with Gasteiger partial charge in [0.1, 0.15) is 5.41 Å². The summed E-state index contributed by atoms with van der Waals surface area (Å²) in [5, 5.41) is 6.34. The summed E-state index contributed by atoms with van der Waals surface area (Å²) in [6.07, 6.45) is -4.76. The predicted molar refractivity (Wildman–Crippen MR) is 159 cm³/mol. The molecule has 1 aliphatic rings. The van der Waals surface area contributed by atoms with E-state index in [1.807, 2.05) is 48.5 Å². The number of carbonyl (C=O) groups is 1. The van der Waals surface area contributed by atoms with Gasteiger partial charge in [-0.1, -0.05) is 60.7 Å². The molecule has 0 saturated heterocycles. The van der Waals surface area contributed by atoms with Crippen molar-refractivity contribution in [1.82, 2.24) is 14.8 Å². The van der Waals surface area contributed by atoms with Crippen LogP contribution in [0.25, 0.3) is 27.5 Å². The summed E-state index contributed by atoms with van der Waals surface area (Å²) in [6.45, 7) is 1.78. The number of thiazole rings is 1. The van der Waals surface area contributed by atoms with Gasteiger partial charge in [-0.15, -0.1) is 11.3 Å². The van der Waals surface area contributed by atoms with Crippen molar-refractivity contribution in [3.8, 4) is 27.5 Å². The highest BCUT2D eigenvalue weighted by Crippen LogP contribution is 2.61. The number of aromatic nitrogens is 3. The van der Waals surface area contributed by atoms with Crippen LogP contribution in [0.1, 0.15) is 47.1 Å². The summed E-state index contributed by atoms with van der Waals surface area (Å²) in [5.74, 6) is -0.674. The molecule has 3 aromatic carbocycles. The molecule has 1 atom stereocenters. The Hall–Kier alpha value is -4.13. The Bertz CT molecular complexity index is 1850. The molecular weight excluding hydrogens is 611 g/mol. The average Bonchev–Trinajstić information content (AvgIpc) is 3.53. The maximum Gasteiger partial charge on any atom is 0.399 e. The van der Waals surface area contributed by atoms with Gasteiger partial charge in [0.05, 0.1) is 18.0 Å². The molecule has 2 aromatic heterocycles. The monoisotopic (exact) mass is 636 g/mol. The third kappa shape index (κ3) is 5.60. The molecule has 0 N–H and O–H groups in total. The molecule has 226 valence electrons. The van der Waals surface area contributed by atoms with Crippen LogP contribution in [0, 0.1) is 0 Å². The van der Waals surface area contributed by atoms with Gasteiger partial charge in [-0.05, 0) is 65.7 Å². The zero-order valence-corrected chi connectivity index (χ0v) is 25.0. The Kier molecular flexibility index (Phi) is 7.99. The molecule has 1 saturated carbocycles. The van der Waals surface area contributed by atoms with E-state index in [2.05, 4.69) is 4.98 Å². The van der Waals surface area contributed by atoms with Gasteiger partial charge in [0.15, 0.2) is 5.69 Å². The van der Waals surface area contributed by atoms with Crippen molar-refractivity contribution < 1.29 is 31.5 Å². The standard InChI is InChI=1S/C32H26F3N3O4S2/c1-2-42-29(39)26-19-43-30(36-26)38-28(31(15-16-31)32(33,34)35)25(17-20-11-13-24(14-12-20)44(40)41)27(37-38)23-10-6-9-22(18-23)21-7-4-3-5-8-21/h3-14,18-19H,2,15-17H2,1H3,(H,40,41)/p-1. The number of halogens is 3. The number of benzene rings is 3. The molecule has 0 bridgehead atoms. The smallest absolute Gasteiger partial charge is 0.399 e. The fraction of sp³-hybridized carbons (Fsp3) is 0.219. The molecule has 44 heavy (non-hydrogen) atoms. The van der Waals surface area contributed by atoms with Crippen LogP contribution in [-0.4, -0.2) is 42.3 Å². The summed E-state index contributed by atoms with van der Waals surface area (Å²) < 4.78 is 73.8. The van der Waals surface area contributed by atoms with Crippen LogP contribution in [0.15, 0.2) is 89.1 Å². The van der Waals surface area contributed by atoms with Gasteiger partial charge in [0, 0.05) is 27.8 Å². The Morgan fingerprint density at radius 2 is 1.70 bits per heavy atom. The van der Waals surface area contributed by atoms with E-state index in [0.29, 0.717) is 22.4 Å². The Morgan fingerprint density at radius 3 is 2.34 bits per heavy atom. The van der Waals surface area contributed by atoms with E-state index >= 15 is 0 Å². The maximum atomic E-state index is 14.9. The van der Waals surface area contributed by atoms with Crippen molar-refractivity contribution in [3.05, 3.63) is 107 Å². The van der Waals surface area contributed by atoms with E-state index in [0.717, 1.165) is 22.5 Å². The zero-order valence-electron chi connectivity index (χ0n) is 23.3. The second-order valence-electron chi connectivity index (χ2n) is 10.4. The first-order chi connectivity index (χ1) is 21.1. The fourth-order valence-corrected chi connectivity index (χ4v) is 6.43. The summed E-state index contributed by atoms with van der Waals surface area (Å²) in [4.78, 5) is 16.8. The number of hydrogen-bond donors (Lipinski definition) is 0. The van der Waals surface area contributed by atoms with Gasteiger partial charge in [-0.25, -0.2) is 14.5 Å². The molecule has 1 fully saturated rings. The van der Waals surface area contributed by atoms with Crippen LogP contribution in [0.2, 0.25) is 0 Å². The van der Waals surface area contributed by atoms with Gasteiger partial charge >= 0.3 is 12.1 Å². The highest BCUT2D eigenvalue weighted by molar-refractivity contribution is 7.79. The number of carbonyl (C=O) groups excluding carboxylic acids is 1. The van der Waals surface area contributed by atoms with E-state index in [9.17, 15) is 26.7 Å². The minimum absolute atomic E-state index is 0.0134. The Labute approximate surface area is 257 Å². The molecule has 0 spiro atoms. The molecule has 12 heteroatoms. The molecule has 0 amide bonds. The van der Waals surface area contributed by atoms with Crippen LogP contribution in [0.5, 0.6) is 0 Å². The van der Waals surface area contributed by atoms with Crippen molar-refractivity contribution in [2.45, 2.75) is 42.7 Å². The molecule has 1 unspecified atom stereocenters. The Balaban J connectivity index is 1.58. The highest BCUT2D eigenvalue weighted by atomic mass is 32.2. The van der Waals surface area contributed by atoms with E-state index in [1.54, 1.807) is 25.1 Å². The van der Waals surface area contributed by atoms with E-state index in [1.165, 1.54) is 22.2 Å². The van der Waals surface area contributed by atoms with Gasteiger partial charge in [0.2, 0.25) is 5.13 Å². The molecule has 0 aliphatic heterocycles.